The van der Waals surface area contributed by atoms with Crippen molar-refractivity contribution in [2.45, 2.75) is 26.3 Å². The van der Waals surface area contributed by atoms with Crippen molar-refractivity contribution in [1.82, 2.24) is 0 Å². The Morgan fingerprint density at radius 1 is 0.970 bits per heavy atom. The number of rotatable bonds is 8. The summed E-state index contributed by atoms with van der Waals surface area (Å²) in [6.45, 7) is 4.02. The van der Waals surface area contributed by atoms with Crippen LogP contribution in [0.3, 0.4) is 0 Å². The smallest absolute Gasteiger partial charge is 0.256 e. The molecule has 3 aromatic carbocycles. The molecule has 0 saturated heterocycles. The van der Waals surface area contributed by atoms with Crippen molar-refractivity contribution in [1.29, 1.82) is 0 Å². The Labute approximate surface area is 193 Å². The highest BCUT2D eigenvalue weighted by atomic mass is 16.5. The first-order valence-electron chi connectivity index (χ1n) is 10.5. The Balaban J connectivity index is 2.00. The van der Waals surface area contributed by atoms with Crippen molar-refractivity contribution in [2.24, 2.45) is 5.73 Å². The minimum Gasteiger partial charge on any atom is -0.508 e. The fraction of sp³-hybridized carbons (Fsp3) is 0.231. The van der Waals surface area contributed by atoms with Crippen molar-refractivity contribution in [3.63, 3.8) is 0 Å². The monoisotopic (exact) mass is 448 g/mol. The molecule has 0 bridgehead atoms. The van der Waals surface area contributed by atoms with Gasteiger partial charge in [0.15, 0.2) is 5.78 Å². The van der Waals surface area contributed by atoms with E-state index in [4.69, 9.17) is 15.2 Å². The van der Waals surface area contributed by atoms with Gasteiger partial charge in [0.2, 0.25) is 0 Å². The number of carbonyl (C=O) groups is 2. The summed E-state index contributed by atoms with van der Waals surface area (Å²) in [6.07, 6.45) is 0. The first kappa shape index (κ1) is 23.8. The van der Waals surface area contributed by atoms with Gasteiger partial charge in [-0.1, -0.05) is 32.0 Å². The predicted molar refractivity (Wildman–Crippen MR) is 127 cm³/mol. The maximum absolute atomic E-state index is 13.3. The lowest BCUT2D eigenvalue weighted by Crippen LogP contribution is -2.18. The maximum Gasteiger partial charge on any atom is 0.256 e. The number of hydrogen-bond acceptors (Lipinski definition) is 6. The number of hydrogen-bond donors (Lipinski definition) is 3. The third kappa shape index (κ3) is 5.15. The molecule has 0 unspecified atom stereocenters. The first-order chi connectivity index (χ1) is 15.8. The summed E-state index contributed by atoms with van der Waals surface area (Å²) in [5, 5.41) is 13.1. The summed E-state index contributed by atoms with van der Waals surface area (Å²) < 4.78 is 10.5. The molecule has 33 heavy (non-hydrogen) atoms. The number of ether oxygens (including phenoxy) is 2. The van der Waals surface area contributed by atoms with E-state index in [2.05, 4.69) is 5.32 Å². The molecule has 0 saturated carbocycles. The molecule has 0 aliphatic rings. The van der Waals surface area contributed by atoms with E-state index in [9.17, 15) is 14.7 Å². The second-order valence-corrected chi connectivity index (χ2v) is 7.86. The summed E-state index contributed by atoms with van der Waals surface area (Å²) >= 11 is 0. The highest BCUT2D eigenvalue weighted by Crippen LogP contribution is 2.32. The summed E-state index contributed by atoms with van der Waals surface area (Å²) in [5.41, 5.74) is 8.39. The van der Waals surface area contributed by atoms with Crippen molar-refractivity contribution in [3.8, 4) is 17.2 Å². The first-order valence-corrected chi connectivity index (χ1v) is 10.5. The number of phenols is 1. The van der Waals surface area contributed by atoms with E-state index >= 15 is 0 Å². The number of phenolic OH excluding ortho intramolecular Hbond substituents is 1. The molecule has 0 aliphatic heterocycles. The zero-order valence-electron chi connectivity index (χ0n) is 19.1. The van der Waals surface area contributed by atoms with Gasteiger partial charge in [0.05, 0.1) is 19.8 Å². The third-order valence-electron chi connectivity index (χ3n) is 5.37. The van der Waals surface area contributed by atoms with Gasteiger partial charge in [0.1, 0.15) is 17.2 Å². The standard InChI is InChI=1S/C26H28N2O5/c1-15(2)22-13-23(17(14-27)11-24(22)29)28-26(31)21-8-6-5-7-20(21)25(30)16-9-18(32-3)12-19(10-16)33-4/h5-13,15,29H,14,27H2,1-4H3,(H,28,31). The number of nitrogens with one attached hydrogen (secondary N) is 1. The van der Waals surface area contributed by atoms with Crippen molar-refractivity contribution < 1.29 is 24.2 Å². The second kappa shape index (κ2) is 10.2. The lowest BCUT2D eigenvalue weighted by Gasteiger charge is -2.16. The van der Waals surface area contributed by atoms with E-state index in [-0.39, 0.29) is 35.1 Å². The van der Waals surface area contributed by atoms with Crippen molar-refractivity contribution in [2.75, 3.05) is 19.5 Å². The lowest BCUT2D eigenvalue weighted by molar-refractivity contribution is 0.0996. The Kier molecular flexibility index (Phi) is 7.35. The maximum atomic E-state index is 13.3. The van der Waals surface area contributed by atoms with Crippen LogP contribution in [0.5, 0.6) is 17.2 Å². The number of aromatic hydroxyl groups is 1. The quantitative estimate of drug-likeness (QED) is 0.346. The van der Waals surface area contributed by atoms with Gasteiger partial charge >= 0.3 is 0 Å². The minimum absolute atomic E-state index is 0.0457. The van der Waals surface area contributed by atoms with Crippen LogP contribution in [0.25, 0.3) is 0 Å². The van der Waals surface area contributed by atoms with Crippen LogP contribution in [0.4, 0.5) is 5.69 Å². The molecule has 0 radical (unpaired) electrons. The van der Waals surface area contributed by atoms with Gasteiger partial charge in [-0.2, -0.15) is 0 Å². The number of methoxy groups -OCH3 is 2. The highest BCUT2D eigenvalue weighted by molar-refractivity contribution is 6.18. The number of benzene rings is 3. The Morgan fingerprint density at radius 3 is 2.12 bits per heavy atom. The van der Waals surface area contributed by atoms with Crippen molar-refractivity contribution >= 4 is 17.4 Å². The van der Waals surface area contributed by atoms with Gasteiger partial charge < -0.3 is 25.6 Å². The SMILES string of the molecule is COc1cc(OC)cc(C(=O)c2ccccc2C(=O)Nc2cc(C(C)C)c(O)cc2CN)c1. The van der Waals surface area contributed by atoms with Gasteiger partial charge in [-0.15, -0.1) is 0 Å². The molecule has 3 aromatic rings. The molecule has 0 atom stereocenters. The topological polar surface area (TPSA) is 111 Å². The predicted octanol–water partition coefficient (Wildman–Crippen LogP) is 4.47. The molecular formula is C26H28N2O5. The zero-order valence-corrected chi connectivity index (χ0v) is 19.1. The Morgan fingerprint density at radius 2 is 1.58 bits per heavy atom. The number of anilines is 1. The van der Waals surface area contributed by atoms with Crippen LogP contribution in [-0.4, -0.2) is 31.0 Å². The summed E-state index contributed by atoms with van der Waals surface area (Å²) in [4.78, 5) is 26.6. The second-order valence-electron chi connectivity index (χ2n) is 7.86. The fourth-order valence-electron chi connectivity index (χ4n) is 3.56. The number of carbonyl (C=O) groups excluding carboxylic acids is 2. The molecule has 4 N–H and O–H groups in total. The number of ketones is 1. The van der Waals surface area contributed by atoms with E-state index < -0.39 is 5.91 Å². The normalized spacial score (nSPS) is 10.7. The van der Waals surface area contributed by atoms with E-state index in [0.29, 0.717) is 33.9 Å². The van der Waals surface area contributed by atoms with E-state index in [1.165, 1.54) is 14.2 Å². The number of nitrogens with two attached hydrogens (primary N) is 1. The average molecular weight is 449 g/mol. The Bertz CT molecular complexity index is 1170. The van der Waals surface area contributed by atoms with Crippen LogP contribution >= 0.6 is 0 Å². The van der Waals surface area contributed by atoms with Crippen LogP contribution in [0.1, 0.15) is 57.2 Å². The van der Waals surface area contributed by atoms with Crippen LogP contribution in [0.15, 0.2) is 54.6 Å². The molecule has 7 heteroatoms. The zero-order chi connectivity index (χ0) is 24.1. The van der Waals surface area contributed by atoms with Gasteiger partial charge in [-0.3, -0.25) is 9.59 Å². The minimum atomic E-state index is -0.455. The van der Waals surface area contributed by atoms with Gasteiger partial charge in [-0.25, -0.2) is 0 Å². The van der Waals surface area contributed by atoms with Crippen molar-refractivity contribution in [3.05, 3.63) is 82.4 Å². The van der Waals surface area contributed by atoms with Crippen LogP contribution in [0, 0.1) is 0 Å². The molecule has 172 valence electrons. The molecule has 0 spiro atoms. The summed E-state index contributed by atoms with van der Waals surface area (Å²) in [7, 11) is 3.01. The van der Waals surface area contributed by atoms with Gasteiger partial charge in [0, 0.05) is 29.4 Å². The Hall–Kier alpha value is -3.84. The van der Waals surface area contributed by atoms with E-state index in [1.807, 2.05) is 13.8 Å². The summed E-state index contributed by atoms with van der Waals surface area (Å²) in [6, 6.07) is 14.7. The molecule has 0 aromatic heterocycles. The fourth-order valence-corrected chi connectivity index (χ4v) is 3.56. The van der Waals surface area contributed by atoms with E-state index in [1.54, 1.807) is 54.6 Å². The highest BCUT2D eigenvalue weighted by Gasteiger charge is 2.21. The van der Waals surface area contributed by atoms with Gasteiger partial charge in [0.25, 0.3) is 5.91 Å². The van der Waals surface area contributed by atoms with Crippen LogP contribution in [0.2, 0.25) is 0 Å². The molecule has 0 heterocycles. The molecule has 7 nitrogen and oxygen atoms in total. The number of amides is 1. The van der Waals surface area contributed by atoms with Gasteiger partial charge in [-0.05, 0) is 47.4 Å². The summed E-state index contributed by atoms with van der Waals surface area (Å²) in [5.74, 6) is 0.319. The molecule has 0 fully saturated rings. The largest absolute Gasteiger partial charge is 0.508 e. The van der Waals surface area contributed by atoms with Crippen LogP contribution in [-0.2, 0) is 6.54 Å². The molecule has 0 aliphatic carbocycles. The lowest BCUT2D eigenvalue weighted by atomic mass is 9.96. The molecule has 1 amide bonds. The third-order valence-corrected chi connectivity index (χ3v) is 5.37. The molecular weight excluding hydrogens is 420 g/mol. The molecule has 3 rings (SSSR count). The van der Waals surface area contributed by atoms with Crippen LogP contribution < -0.4 is 20.5 Å². The van der Waals surface area contributed by atoms with E-state index in [0.717, 1.165) is 0 Å². The average Bonchev–Trinajstić information content (AvgIpc) is 2.83.